The van der Waals surface area contributed by atoms with Crippen LogP contribution in [0.1, 0.15) is 25.7 Å². The first-order valence-electron chi connectivity index (χ1n) is 4.95. The van der Waals surface area contributed by atoms with Crippen molar-refractivity contribution in [1.29, 1.82) is 0 Å². The standard InChI is InChI=1S/C10H14/c1-2-6-9-3-7(9)5(1)8-4-10(6)8/h5-10H,1-4H2/t5?,6?,7-,8-,9-,10+/m1/s1. The minimum Gasteiger partial charge on any atom is -0.0496 e. The van der Waals surface area contributed by atoms with Gasteiger partial charge in [0.05, 0.1) is 0 Å². The molecule has 0 heterocycles. The summed E-state index contributed by atoms with van der Waals surface area (Å²) in [7, 11) is 0. The van der Waals surface area contributed by atoms with Gasteiger partial charge in [0.15, 0.2) is 0 Å². The molecule has 0 aliphatic heterocycles. The zero-order valence-electron chi connectivity index (χ0n) is 6.29. The Morgan fingerprint density at radius 2 is 0.900 bits per heavy atom. The topological polar surface area (TPSA) is 0 Å². The predicted octanol–water partition coefficient (Wildman–Crippen LogP) is 2.30. The number of fused-ring (bicyclic) bond motifs is 1. The Bertz CT molecular complexity index is 158. The van der Waals surface area contributed by atoms with Crippen LogP contribution >= 0.6 is 0 Å². The highest BCUT2D eigenvalue weighted by atomic mass is 14.7. The fourth-order valence-corrected chi connectivity index (χ4v) is 4.32. The van der Waals surface area contributed by atoms with Gasteiger partial charge in [0.1, 0.15) is 0 Å². The second kappa shape index (κ2) is 1.19. The van der Waals surface area contributed by atoms with Crippen LogP contribution < -0.4 is 0 Å². The average molecular weight is 134 g/mol. The van der Waals surface area contributed by atoms with Crippen LogP contribution in [-0.2, 0) is 0 Å². The Morgan fingerprint density at radius 3 is 1.30 bits per heavy atom. The molecule has 0 aromatic heterocycles. The van der Waals surface area contributed by atoms with Gasteiger partial charge in [0, 0.05) is 0 Å². The molecular weight excluding hydrogens is 120 g/mol. The van der Waals surface area contributed by atoms with Gasteiger partial charge in [-0.15, -0.1) is 0 Å². The maximum absolute atomic E-state index is 1.64. The summed E-state index contributed by atoms with van der Waals surface area (Å²) in [6, 6.07) is 0. The van der Waals surface area contributed by atoms with E-state index in [-0.39, 0.29) is 0 Å². The van der Waals surface area contributed by atoms with Crippen molar-refractivity contribution in [3.8, 4) is 0 Å². The van der Waals surface area contributed by atoms with Gasteiger partial charge < -0.3 is 0 Å². The van der Waals surface area contributed by atoms with E-state index in [2.05, 4.69) is 0 Å². The van der Waals surface area contributed by atoms with Gasteiger partial charge in [-0.2, -0.15) is 0 Å². The molecule has 0 heteroatoms. The summed E-state index contributed by atoms with van der Waals surface area (Å²) in [6.07, 6.45) is 6.52. The molecule has 5 fully saturated rings. The Labute approximate surface area is 62.0 Å². The normalized spacial score (nSPS) is 74.4. The summed E-state index contributed by atoms with van der Waals surface area (Å²) in [5.74, 6) is 7.48. The van der Waals surface area contributed by atoms with E-state index in [1.807, 2.05) is 0 Å². The van der Waals surface area contributed by atoms with Crippen LogP contribution in [0.3, 0.4) is 0 Å². The van der Waals surface area contributed by atoms with Crippen molar-refractivity contribution in [1.82, 2.24) is 0 Å². The fraction of sp³-hybridized carbons (Fsp3) is 1.00. The lowest BCUT2D eigenvalue weighted by Crippen LogP contribution is -2.27. The second-order valence-electron chi connectivity index (χ2n) is 5.03. The smallest absolute Gasteiger partial charge is 0.0349 e. The molecule has 0 radical (unpaired) electrons. The largest absolute Gasteiger partial charge is 0.0496 e. The molecule has 5 rings (SSSR count). The van der Waals surface area contributed by atoms with Gasteiger partial charge in [-0.05, 0) is 61.2 Å². The quantitative estimate of drug-likeness (QED) is 0.477. The zero-order valence-corrected chi connectivity index (χ0v) is 6.29. The van der Waals surface area contributed by atoms with Crippen LogP contribution in [0.15, 0.2) is 0 Å². The van der Waals surface area contributed by atoms with E-state index in [1.54, 1.807) is 25.7 Å². The molecule has 0 N–H and O–H groups in total. The SMILES string of the molecule is C1CC2[C@H]3C[C@@H]3C1[C@H]1C[C@@H]21. The maximum atomic E-state index is 1.64. The molecule has 5 aliphatic rings. The fourth-order valence-electron chi connectivity index (χ4n) is 4.32. The molecule has 5 aliphatic carbocycles. The molecule has 2 bridgehead atoms. The van der Waals surface area contributed by atoms with E-state index in [1.165, 1.54) is 35.5 Å². The van der Waals surface area contributed by atoms with Crippen LogP contribution in [0, 0.1) is 35.5 Å². The molecule has 54 valence electrons. The lowest BCUT2D eigenvalue weighted by atomic mass is 9.71. The van der Waals surface area contributed by atoms with Crippen molar-refractivity contribution in [3.05, 3.63) is 0 Å². The molecule has 10 heavy (non-hydrogen) atoms. The lowest BCUT2D eigenvalue weighted by molar-refractivity contribution is 0.146. The van der Waals surface area contributed by atoms with Crippen LogP contribution in [0.25, 0.3) is 0 Å². The molecule has 0 aromatic rings. The van der Waals surface area contributed by atoms with Gasteiger partial charge in [-0.1, -0.05) is 0 Å². The third kappa shape index (κ3) is 0.360. The Kier molecular flexibility index (Phi) is 0.570. The molecule has 0 saturated heterocycles. The minimum atomic E-state index is 1.24. The highest BCUT2D eigenvalue weighted by molar-refractivity contribution is 5.15. The van der Waals surface area contributed by atoms with Gasteiger partial charge in [0.25, 0.3) is 0 Å². The minimum absolute atomic E-state index is 1.24. The third-order valence-corrected chi connectivity index (χ3v) is 4.82. The average Bonchev–Trinajstić information content (AvgIpc) is 2.83. The molecule has 0 amide bonds. The van der Waals surface area contributed by atoms with Crippen molar-refractivity contribution in [3.63, 3.8) is 0 Å². The monoisotopic (exact) mass is 134 g/mol. The van der Waals surface area contributed by atoms with Gasteiger partial charge in [-0.25, -0.2) is 0 Å². The van der Waals surface area contributed by atoms with E-state index in [0.717, 1.165) is 0 Å². The van der Waals surface area contributed by atoms with Crippen LogP contribution in [0.4, 0.5) is 0 Å². The third-order valence-electron chi connectivity index (χ3n) is 4.82. The molecular formula is C10H14. The second-order valence-corrected chi connectivity index (χ2v) is 5.03. The summed E-state index contributed by atoms with van der Waals surface area (Å²) in [6.45, 7) is 0. The van der Waals surface area contributed by atoms with Gasteiger partial charge in [-0.3, -0.25) is 0 Å². The van der Waals surface area contributed by atoms with E-state index >= 15 is 0 Å². The van der Waals surface area contributed by atoms with Crippen molar-refractivity contribution < 1.29 is 0 Å². The van der Waals surface area contributed by atoms with Crippen molar-refractivity contribution in [2.24, 2.45) is 35.5 Å². The molecule has 0 nitrogen and oxygen atoms in total. The number of rotatable bonds is 0. The van der Waals surface area contributed by atoms with E-state index in [9.17, 15) is 0 Å². The van der Waals surface area contributed by atoms with Gasteiger partial charge >= 0.3 is 0 Å². The lowest BCUT2D eigenvalue weighted by Gasteiger charge is -2.34. The summed E-state index contributed by atoms with van der Waals surface area (Å²) < 4.78 is 0. The Balaban J connectivity index is 1.85. The molecule has 0 spiro atoms. The van der Waals surface area contributed by atoms with Crippen molar-refractivity contribution in [2.75, 3.05) is 0 Å². The van der Waals surface area contributed by atoms with Crippen molar-refractivity contribution in [2.45, 2.75) is 25.7 Å². The summed E-state index contributed by atoms with van der Waals surface area (Å²) in [5, 5.41) is 0. The molecule has 5 saturated carbocycles. The van der Waals surface area contributed by atoms with Crippen LogP contribution in [0.5, 0.6) is 0 Å². The molecule has 2 unspecified atom stereocenters. The Hall–Kier alpha value is 0. The zero-order chi connectivity index (χ0) is 6.29. The Morgan fingerprint density at radius 1 is 0.500 bits per heavy atom. The summed E-state index contributed by atoms with van der Waals surface area (Å²) in [4.78, 5) is 0. The van der Waals surface area contributed by atoms with E-state index < -0.39 is 0 Å². The molecule has 0 aromatic carbocycles. The van der Waals surface area contributed by atoms with Gasteiger partial charge in [0.2, 0.25) is 0 Å². The van der Waals surface area contributed by atoms with E-state index in [0.29, 0.717) is 0 Å². The number of hydrogen-bond donors (Lipinski definition) is 0. The van der Waals surface area contributed by atoms with E-state index in [4.69, 9.17) is 0 Å². The first-order valence-corrected chi connectivity index (χ1v) is 4.95. The first kappa shape index (κ1) is 4.79. The van der Waals surface area contributed by atoms with Crippen LogP contribution in [0.2, 0.25) is 0 Å². The summed E-state index contributed by atoms with van der Waals surface area (Å²) in [5.41, 5.74) is 0. The highest BCUT2D eigenvalue weighted by Crippen LogP contribution is 2.73. The maximum Gasteiger partial charge on any atom is -0.0349 e. The number of hydrogen-bond acceptors (Lipinski definition) is 0. The van der Waals surface area contributed by atoms with Crippen LogP contribution in [-0.4, -0.2) is 0 Å². The molecule has 6 atom stereocenters. The first-order chi connectivity index (χ1) is 4.95. The van der Waals surface area contributed by atoms with Crippen molar-refractivity contribution >= 4 is 0 Å². The predicted molar refractivity (Wildman–Crippen MR) is 39.4 cm³/mol. The highest BCUT2D eigenvalue weighted by Gasteiger charge is 2.66. The summed E-state index contributed by atoms with van der Waals surface area (Å²) >= 11 is 0.